The number of nitrogens with one attached hydrogen (secondary N) is 1. The normalized spacial score (nSPS) is 23.0. The summed E-state index contributed by atoms with van der Waals surface area (Å²) in [6.45, 7) is 6.37. The van der Waals surface area contributed by atoms with Crippen LogP contribution in [0.1, 0.15) is 65.6 Å². The van der Waals surface area contributed by atoms with Crippen molar-refractivity contribution in [1.82, 2.24) is 4.90 Å². The molecule has 1 amide bonds. The van der Waals surface area contributed by atoms with Crippen molar-refractivity contribution in [2.75, 3.05) is 25.0 Å². The van der Waals surface area contributed by atoms with E-state index in [2.05, 4.69) is 5.32 Å². The van der Waals surface area contributed by atoms with Gasteiger partial charge in [0.25, 0.3) is 5.91 Å². The third kappa shape index (κ3) is 5.70. The summed E-state index contributed by atoms with van der Waals surface area (Å²) >= 11 is 0. The quantitative estimate of drug-likeness (QED) is 0.837. The molecule has 1 saturated carbocycles. The Morgan fingerprint density at radius 3 is 2.48 bits per heavy atom. The van der Waals surface area contributed by atoms with Gasteiger partial charge in [-0.15, -0.1) is 0 Å². The smallest absolute Gasteiger partial charge is 0.254 e. The van der Waals surface area contributed by atoms with Crippen LogP contribution in [0.3, 0.4) is 0 Å². The van der Waals surface area contributed by atoms with Gasteiger partial charge in [0.05, 0.1) is 0 Å². The predicted octanol–water partition coefficient (Wildman–Crippen LogP) is 4.51. The minimum absolute atomic E-state index is 0. The van der Waals surface area contributed by atoms with Crippen LogP contribution in [-0.2, 0) is 0 Å². The molecule has 0 atom stereocenters. The summed E-state index contributed by atoms with van der Waals surface area (Å²) in [4.78, 5) is 14.2. The number of nitrogens with zero attached hydrogens (tertiary/aromatic N) is 1. The van der Waals surface area contributed by atoms with Gasteiger partial charge in [0.1, 0.15) is 5.82 Å². The number of benzene rings is 1. The second-order valence-electron chi connectivity index (χ2n) is 6.89. The monoisotopic (exact) mass is 353 g/mol. The lowest BCUT2D eigenvalue weighted by atomic mass is 9.86. The van der Waals surface area contributed by atoms with Gasteiger partial charge in [0.15, 0.2) is 0 Å². The summed E-state index contributed by atoms with van der Waals surface area (Å²) in [7, 11) is 0. The summed E-state index contributed by atoms with van der Waals surface area (Å²) in [6.07, 6.45) is 6.43. The highest BCUT2D eigenvalue weighted by Crippen LogP contribution is 2.24. The summed E-state index contributed by atoms with van der Waals surface area (Å²) in [5, 5.41) is 3.30. The van der Waals surface area contributed by atoms with Crippen LogP contribution in [0, 0.1) is 11.7 Å². The highest BCUT2D eigenvalue weighted by molar-refractivity contribution is 5.95. The van der Waals surface area contributed by atoms with E-state index in [4.69, 9.17) is 5.73 Å². The van der Waals surface area contributed by atoms with Gasteiger partial charge >= 0.3 is 0 Å². The third-order valence-corrected chi connectivity index (χ3v) is 5.02. The van der Waals surface area contributed by atoms with Crippen molar-refractivity contribution < 1.29 is 12.0 Å². The lowest BCUT2D eigenvalue weighted by Crippen LogP contribution is -2.29. The zero-order valence-corrected chi connectivity index (χ0v) is 15.6. The van der Waals surface area contributed by atoms with E-state index in [0.717, 1.165) is 58.2 Å². The lowest BCUT2D eigenvalue weighted by molar-refractivity contribution is 0.0792. The molecule has 0 spiro atoms. The van der Waals surface area contributed by atoms with Crippen molar-refractivity contribution in [3.63, 3.8) is 0 Å². The fourth-order valence-electron chi connectivity index (χ4n) is 3.57. The Hall–Kier alpha value is -1.62. The molecule has 5 heteroatoms. The van der Waals surface area contributed by atoms with Gasteiger partial charge in [-0.05, 0) is 62.6 Å². The second-order valence-corrected chi connectivity index (χ2v) is 6.89. The van der Waals surface area contributed by atoms with E-state index in [1.54, 1.807) is 11.0 Å². The zero-order valence-electron chi connectivity index (χ0n) is 15.6. The van der Waals surface area contributed by atoms with Gasteiger partial charge < -0.3 is 16.0 Å². The summed E-state index contributed by atoms with van der Waals surface area (Å²) in [6, 6.07) is 4.92. The third-order valence-electron chi connectivity index (χ3n) is 5.02. The molecule has 25 heavy (non-hydrogen) atoms. The lowest BCUT2D eigenvalue weighted by Gasteiger charge is -2.26. The van der Waals surface area contributed by atoms with Crippen LogP contribution in [0.5, 0.6) is 0 Å². The summed E-state index contributed by atoms with van der Waals surface area (Å²) < 4.78 is 13.9. The Labute approximate surface area is 153 Å². The highest BCUT2D eigenvalue weighted by atomic mass is 19.1. The predicted molar refractivity (Wildman–Crippen MR) is 106 cm³/mol. The van der Waals surface area contributed by atoms with E-state index in [1.807, 2.05) is 13.8 Å². The van der Waals surface area contributed by atoms with E-state index in [0.29, 0.717) is 23.2 Å². The molecular formula is C20H36FN3O. The molecule has 1 aliphatic carbocycles. The second kappa shape index (κ2) is 9.76. The van der Waals surface area contributed by atoms with Crippen molar-refractivity contribution in [3.8, 4) is 0 Å². The first kappa shape index (κ1) is 19.7. The number of hydrogen-bond acceptors (Lipinski definition) is 3. The van der Waals surface area contributed by atoms with Gasteiger partial charge in [-0.3, -0.25) is 4.79 Å². The minimum Gasteiger partial charge on any atom is -0.385 e. The first-order valence-electron chi connectivity index (χ1n) is 9.71. The first-order chi connectivity index (χ1) is 12.1. The molecular weight excluding hydrogens is 317 g/mol. The molecule has 144 valence electrons. The maximum absolute atomic E-state index is 13.9. The van der Waals surface area contributed by atoms with E-state index in [9.17, 15) is 9.18 Å². The number of carbonyl (C=O) groups excluding carboxylic acids is 1. The van der Waals surface area contributed by atoms with Crippen molar-refractivity contribution in [3.05, 3.63) is 29.6 Å². The standard InChI is InChI=1S/C18H26FN3O.C2H6.2H2/c19-15-9-14(18(23)22-7-1-2-8-22)10-17(11-15)21-12-13-3-5-16(20)6-4-13;1-2;;/h9-11,13,16,21H,1-8,12,20H2;1-2H3;2*1H. The molecule has 3 N–H and O–H groups in total. The number of nitrogens with two attached hydrogens (primary N) is 1. The molecule has 2 fully saturated rings. The Balaban J connectivity index is 0.00000164. The van der Waals surface area contributed by atoms with E-state index in [-0.39, 0.29) is 14.6 Å². The minimum atomic E-state index is -0.358. The number of rotatable bonds is 4. The highest BCUT2D eigenvalue weighted by Gasteiger charge is 2.21. The average molecular weight is 354 g/mol. The van der Waals surface area contributed by atoms with Gasteiger partial charge in [-0.25, -0.2) is 4.39 Å². The van der Waals surface area contributed by atoms with Gasteiger partial charge in [0, 0.05) is 39.8 Å². The van der Waals surface area contributed by atoms with Crippen LogP contribution in [0.25, 0.3) is 0 Å². The van der Waals surface area contributed by atoms with Crippen molar-refractivity contribution in [2.24, 2.45) is 11.7 Å². The van der Waals surface area contributed by atoms with Crippen molar-refractivity contribution >= 4 is 11.6 Å². The van der Waals surface area contributed by atoms with E-state index in [1.165, 1.54) is 12.1 Å². The van der Waals surface area contributed by atoms with Crippen LogP contribution in [-0.4, -0.2) is 36.5 Å². The number of hydrogen-bond donors (Lipinski definition) is 2. The average Bonchev–Trinajstić information content (AvgIpc) is 3.16. The van der Waals surface area contributed by atoms with Crippen LogP contribution >= 0.6 is 0 Å². The fourth-order valence-corrected chi connectivity index (χ4v) is 3.57. The van der Waals surface area contributed by atoms with Crippen molar-refractivity contribution in [1.29, 1.82) is 0 Å². The topological polar surface area (TPSA) is 58.4 Å². The largest absolute Gasteiger partial charge is 0.385 e. The Morgan fingerprint density at radius 1 is 1.20 bits per heavy atom. The molecule has 0 bridgehead atoms. The summed E-state index contributed by atoms with van der Waals surface area (Å²) in [5.74, 6) is 0.160. The van der Waals surface area contributed by atoms with Crippen molar-refractivity contribution in [2.45, 2.75) is 58.4 Å². The molecule has 1 heterocycles. The van der Waals surface area contributed by atoms with Crippen LogP contribution in [0.15, 0.2) is 18.2 Å². The van der Waals surface area contributed by atoms with Crippen LogP contribution in [0.2, 0.25) is 0 Å². The number of anilines is 1. The Morgan fingerprint density at radius 2 is 1.84 bits per heavy atom. The van der Waals surface area contributed by atoms with E-state index >= 15 is 0 Å². The fraction of sp³-hybridized carbons (Fsp3) is 0.650. The molecule has 1 aromatic rings. The molecule has 0 radical (unpaired) electrons. The number of halogens is 1. The number of likely N-dealkylation sites (tertiary alicyclic amines) is 1. The van der Waals surface area contributed by atoms with Gasteiger partial charge in [-0.1, -0.05) is 13.8 Å². The van der Waals surface area contributed by atoms with Gasteiger partial charge in [0.2, 0.25) is 0 Å². The molecule has 1 aliphatic heterocycles. The number of carbonyl (C=O) groups is 1. The molecule has 0 aromatic heterocycles. The van der Waals surface area contributed by atoms with Crippen LogP contribution < -0.4 is 11.1 Å². The molecule has 1 saturated heterocycles. The van der Waals surface area contributed by atoms with Crippen LogP contribution in [0.4, 0.5) is 10.1 Å². The molecule has 0 unspecified atom stereocenters. The van der Waals surface area contributed by atoms with E-state index < -0.39 is 0 Å². The summed E-state index contributed by atoms with van der Waals surface area (Å²) in [5.41, 5.74) is 7.07. The maximum Gasteiger partial charge on any atom is 0.254 e. The Kier molecular flexibility index (Phi) is 7.69. The first-order valence-corrected chi connectivity index (χ1v) is 9.71. The SMILES string of the molecule is CC.NC1CCC(CNc2cc(F)cc(C(=O)N3CCCC3)c2)CC1.[HH].[HH]. The molecule has 3 rings (SSSR count). The number of amides is 1. The molecule has 1 aromatic carbocycles. The Bertz CT molecular complexity index is 560. The zero-order chi connectivity index (χ0) is 18.2. The molecule has 2 aliphatic rings. The molecule has 4 nitrogen and oxygen atoms in total. The maximum atomic E-state index is 13.9. The van der Waals surface area contributed by atoms with Gasteiger partial charge in [-0.2, -0.15) is 0 Å².